The van der Waals surface area contributed by atoms with Crippen molar-refractivity contribution in [1.82, 2.24) is 5.32 Å². The Bertz CT molecular complexity index is 724. The monoisotopic (exact) mass is 435 g/mol. The molecule has 0 fully saturated rings. The van der Waals surface area contributed by atoms with Gasteiger partial charge in [-0.1, -0.05) is 30.3 Å². The first kappa shape index (κ1) is 26.6. The molecule has 0 aliphatic rings. The van der Waals surface area contributed by atoms with Gasteiger partial charge in [0.2, 0.25) is 5.91 Å². The van der Waals surface area contributed by atoms with Crippen molar-refractivity contribution in [3.05, 3.63) is 35.9 Å². The molecule has 0 radical (unpaired) electrons. The second-order valence-electron chi connectivity index (χ2n) is 5.95. The fraction of sp³-hybridized carbons (Fsp3) is 0.412. The molecule has 0 aromatic heterocycles. The minimum absolute atomic E-state index is 0.0502. The number of alkyl halides is 3. The molecule has 0 bridgehead atoms. The zero-order chi connectivity index (χ0) is 23.3. The Balaban J connectivity index is 0.00000103. The van der Waals surface area contributed by atoms with Gasteiger partial charge in [0.05, 0.1) is 6.04 Å². The summed E-state index contributed by atoms with van der Waals surface area (Å²) in [5.41, 5.74) is 17.1. The van der Waals surface area contributed by atoms with E-state index in [1.54, 1.807) is 0 Å². The number of nitrogens with one attached hydrogen (secondary N) is 1. The SMILES string of the molecule is NC(N)=NCCC[C@H](NC(=O)[C@@H](N)Cc1ccccc1)C(=O)O.O=C(O)C(F)(F)F. The van der Waals surface area contributed by atoms with Crippen LogP contribution in [0, 0.1) is 0 Å². The number of halogens is 3. The zero-order valence-corrected chi connectivity index (χ0v) is 15.8. The average Bonchev–Trinajstić information content (AvgIpc) is 2.64. The molecular weight excluding hydrogens is 411 g/mol. The van der Waals surface area contributed by atoms with Gasteiger partial charge in [-0.2, -0.15) is 13.2 Å². The summed E-state index contributed by atoms with van der Waals surface area (Å²) < 4.78 is 31.7. The predicted octanol–water partition coefficient (Wildman–Crippen LogP) is -0.187. The second-order valence-corrected chi connectivity index (χ2v) is 5.95. The number of guanidine groups is 1. The summed E-state index contributed by atoms with van der Waals surface area (Å²) in [5.74, 6) is -4.42. The van der Waals surface area contributed by atoms with Crippen molar-refractivity contribution >= 4 is 23.8 Å². The van der Waals surface area contributed by atoms with Crippen LogP contribution in [0.3, 0.4) is 0 Å². The molecule has 10 nitrogen and oxygen atoms in total. The topological polar surface area (TPSA) is 194 Å². The lowest BCUT2D eigenvalue weighted by Crippen LogP contribution is -2.49. The average molecular weight is 435 g/mol. The smallest absolute Gasteiger partial charge is 0.480 e. The number of carbonyl (C=O) groups excluding carboxylic acids is 1. The highest BCUT2D eigenvalue weighted by molar-refractivity contribution is 5.87. The fourth-order valence-electron chi connectivity index (χ4n) is 2.00. The van der Waals surface area contributed by atoms with Gasteiger partial charge in [0.15, 0.2) is 5.96 Å². The predicted molar refractivity (Wildman–Crippen MR) is 101 cm³/mol. The summed E-state index contributed by atoms with van der Waals surface area (Å²) in [6.07, 6.45) is -4.09. The van der Waals surface area contributed by atoms with E-state index in [4.69, 9.17) is 32.2 Å². The standard InChI is InChI=1S/C15H23N5O3.C2HF3O2/c16-11(9-10-5-2-1-3-6-10)13(21)20-12(14(22)23)7-4-8-19-15(17)18;3-2(4,5)1(6)7/h1-3,5-6,11-12H,4,7-9,16H2,(H,20,21)(H,22,23)(H4,17,18,19);(H,6,7)/t11-,12-;/m0./s1. The lowest BCUT2D eigenvalue weighted by Gasteiger charge is -2.17. The van der Waals surface area contributed by atoms with Gasteiger partial charge in [-0.05, 0) is 24.8 Å². The highest BCUT2D eigenvalue weighted by atomic mass is 19.4. The number of benzene rings is 1. The van der Waals surface area contributed by atoms with Gasteiger partial charge >= 0.3 is 18.1 Å². The van der Waals surface area contributed by atoms with Crippen molar-refractivity contribution in [3.8, 4) is 0 Å². The van der Waals surface area contributed by atoms with E-state index in [1.807, 2.05) is 30.3 Å². The summed E-state index contributed by atoms with van der Waals surface area (Å²) >= 11 is 0. The molecule has 13 heteroatoms. The summed E-state index contributed by atoms with van der Waals surface area (Å²) in [7, 11) is 0. The highest BCUT2D eigenvalue weighted by Gasteiger charge is 2.38. The van der Waals surface area contributed by atoms with E-state index >= 15 is 0 Å². The summed E-state index contributed by atoms with van der Waals surface area (Å²) in [6.45, 7) is 0.304. The van der Waals surface area contributed by atoms with Gasteiger partial charge < -0.3 is 32.7 Å². The third-order valence-electron chi connectivity index (χ3n) is 3.44. The number of carbonyl (C=O) groups is 3. The van der Waals surface area contributed by atoms with Crippen molar-refractivity contribution in [2.24, 2.45) is 22.2 Å². The molecule has 9 N–H and O–H groups in total. The van der Waals surface area contributed by atoms with Crippen LogP contribution in [0.2, 0.25) is 0 Å². The van der Waals surface area contributed by atoms with Crippen molar-refractivity contribution in [1.29, 1.82) is 0 Å². The third kappa shape index (κ3) is 12.2. The molecule has 2 atom stereocenters. The molecule has 0 saturated heterocycles. The number of amides is 1. The van der Waals surface area contributed by atoms with Crippen LogP contribution in [0.4, 0.5) is 13.2 Å². The molecule has 1 rings (SSSR count). The first-order chi connectivity index (χ1) is 13.8. The number of rotatable bonds is 9. The summed E-state index contributed by atoms with van der Waals surface area (Å²) in [5, 5.41) is 18.7. The van der Waals surface area contributed by atoms with Gasteiger partial charge in [0.25, 0.3) is 0 Å². The minimum atomic E-state index is -5.08. The van der Waals surface area contributed by atoms with Crippen molar-refractivity contribution < 1.29 is 37.8 Å². The molecule has 0 heterocycles. The number of carboxylic acids is 2. The van der Waals surface area contributed by atoms with Crippen LogP contribution >= 0.6 is 0 Å². The first-order valence-electron chi connectivity index (χ1n) is 8.52. The van der Waals surface area contributed by atoms with E-state index in [-0.39, 0.29) is 12.4 Å². The minimum Gasteiger partial charge on any atom is -0.480 e. The number of hydrogen-bond acceptors (Lipinski definition) is 5. The molecule has 1 amide bonds. The van der Waals surface area contributed by atoms with E-state index < -0.39 is 36.1 Å². The molecule has 1 aromatic rings. The maximum atomic E-state index is 12.0. The number of nitrogens with two attached hydrogens (primary N) is 3. The maximum absolute atomic E-state index is 12.0. The second kappa shape index (κ2) is 13.0. The maximum Gasteiger partial charge on any atom is 0.490 e. The molecule has 0 unspecified atom stereocenters. The van der Waals surface area contributed by atoms with Crippen LogP contribution in [-0.4, -0.2) is 58.8 Å². The van der Waals surface area contributed by atoms with Crippen LogP contribution in [-0.2, 0) is 20.8 Å². The first-order valence-corrected chi connectivity index (χ1v) is 8.52. The number of hydrogen-bond donors (Lipinski definition) is 6. The Labute approximate surface area is 169 Å². The van der Waals surface area contributed by atoms with Gasteiger partial charge in [0.1, 0.15) is 6.04 Å². The Morgan fingerprint density at radius 2 is 1.63 bits per heavy atom. The van der Waals surface area contributed by atoms with Crippen LogP contribution in [0.15, 0.2) is 35.3 Å². The normalized spacial score (nSPS) is 12.5. The Morgan fingerprint density at radius 3 is 2.07 bits per heavy atom. The zero-order valence-electron chi connectivity index (χ0n) is 15.8. The molecule has 168 valence electrons. The lowest BCUT2D eigenvalue weighted by atomic mass is 10.1. The Hall–Kier alpha value is -3.35. The lowest BCUT2D eigenvalue weighted by molar-refractivity contribution is -0.192. The van der Waals surface area contributed by atoms with Gasteiger partial charge in [0, 0.05) is 6.54 Å². The van der Waals surface area contributed by atoms with E-state index in [0.717, 1.165) is 5.56 Å². The fourth-order valence-corrected chi connectivity index (χ4v) is 2.00. The van der Waals surface area contributed by atoms with Crippen molar-refractivity contribution in [2.75, 3.05) is 6.54 Å². The summed E-state index contributed by atoms with van der Waals surface area (Å²) in [4.78, 5) is 35.9. The number of carboxylic acid groups (broad SMARTS) is 2. The number of nitrogens with zero attached hydrogens (tertiary/aromatic N) is 1. The van der Waals surface area contributed by atoms with Gasteiger partial charge in [-0.3, -0.25) is 9.79 Å². The largest absolute Gasteiger partial charge is 0.490 e. The van der Waals surface area contributed by atoms with Crippen LogP contribution in [0.5, 0.6) is 0 Å². The van der Waals surface area contributed by atoms with E-state index in [2.05, 4.69) is 10.3 Å². The Kier molecular flexibility index (Phi) is 11.5. The molecule has 0 aliphatic heterocycles. The number of aliphatic carboxylic acids is 2. The molecule has 0 saturated carbocycles. The van der Waals surface area contributed by atoms with Gasteiger partial charge in [-0.15, -0.1) is 0 Å². The van der Waals surface area contributed by atoms with E-state index in [0.29, 0.717) is 19.4 Å². The van der Waals surface area contributed by atoms with Crippen molar-refractivity contribution in [3.63, 3.8) is 0 Å². The summed E-state index contributed by atoms with van der Waals surface area (Å²) in [6, 6.07) is 7.46. The van der Waals surface area contributed by atoms with E-state index in [9.17, 15) is 22.8 Å². The number of aliphatic imine (C=N–C) groups is 1. The molecule has 30 heavy (non-hydrogen) atoms. The molecule has 1 aromatic carbocycles. The van der Waals surface area contributed by atoms with Crippen LogP contribution in [0.25, 0.3) is 0 Å². The molecule has 0 aliphatic carbocycles. The third-order valence-corrected chi connectivity index (χ3v) is 3.44. The molecular formula is C17H24F3N5O5. The molecule has 0 spiro atoms. The van der Waals surface area contributed by atoms with Crippen LogP contribution in [0.1, 0.15) is 18.4 Å². The quantitative estimate of drug-likeness (QED) is 0.174. The highest BCUT2D eigenvalue weighted by Crippen LogP contribution is 2.13. The van der Waals surface area contributed by atoms with Gasteiger partial charge in [-0.25, -0.2) is 9.59 Å². The van der Waals surface area contributed by atoms with E-state index in [1.165, 1.54) is 0 Å². The van der Waals surface area contributed by atoms with Crippen LogP contribution < -0.4 is 22.5 Å². The Morgan fingerprint density at radius 1 is 1.10 bits per heavy atom. The van der Waals surface area contributed by atoms with Crippen molar-refractivity contribution in [2.45, 2.75) is 37.5 Å².